The summed E-state index contributed by atoms with van der Waals surface area (Å²) in [7, 11) is 1.77. The fourth-order valence-electron chi connectivity index (χ4n) is 2.41. The predicted octanol–water partition coefficient (Wildman–Crippen LogP) is 2.61. The lowest BCUT2D eigenvalue weighted by atomic mass is 9.96. The van der Waals surface area contributed by atoms with Gasteiger partial charge in [-0.05, 0) is 43.2 Å². The second kappa shape index (κ2) is 5.50. The summed E-state index contributed by atoms with van der Waals surface area (Å²) >= 11 is 0. The van der Waals surface area contributed by atoms with Gasteiger partial charge < -0.3 is 0 Å². The van der Waals surface area contributed by atoms with Gasteiger partial charge in [0.25, 0.3) is 0 Å². The molecule has 1 heterocycles. The SMILES string of the molecule is Cc1cc(C(NN)c2ccc(C(F)(F)F)cc2C)n(C)n1. The largest absolute Gasteiger partial charge is 0.416 e. The van der Waals surface area contributed by atoms with Crippen LogP contribution in [0.3, 0.4) is 0 Å². The second-order valence-electron chi connectivity index (χ2n) is 5.00. The standard InChI is InChI=1S/C14H17F3N4/c1-8-6-10(14(15,16)17)4-5-11(8)13(19-18)12-7-9(2)20-21(12)3/h4-7,13,19H,18H2,1-3H3. The molecule has 0 amide bonds. The van der Waals surface area contributed by atoms with Gasteiger partial charge in [-0.2, -0.15) is 18.3 Å². The quantitative estimate of drug-likeness (QED) is 0.676. The van der Waals surface area contributed by atoms with Gasteiger partial charge in [0.15, 0.2) is 0 Å². The number of hydrazine groups is 1. The number of benzene rings is 1. The summed E-state index contributed by atoms with van der Waals surface area (Å²) in [5.41, 5.74) is 4.79. The predicted molar refractivity (Wildman–Crippen MR) is 73.3 cm³/mol. The zero-order chi connectivity index (χ0) is 15.8. The van der Waals surface area contributed by atoms with Crippen LogP contribution < -0.4 is 11.3 Å². The molecule has 7 heteroatoms. The van der Waals surface area contributed by atoms with E-state index in [4.69, 9.17) is 5.84 Å². The highest BCUT2D eigenvalue weighted by Gasteiger charge is 2.31. The summed E-state index contributed by atoms with van der Waals surface area (Å²) in [6, 6.07) is 5.07. The summed E-state index contributed by atoms with van der Waals surface area (Å²) in [5.74, 6) is 5.59. The molecule has 21 heavy (non-hydrogen) atoms. The molecule has 0 fully saturated rings. The van der Waals surface area contributed by atoms with Crippen molar-refractivity contribution in [3.63, 3.8) is 0 Å². The maximum absolute atomic E-state index is 12.7. The Labute approximate surface area is 120 Å². The molecule has 1 aromatic heterocycles. The van der Waals surface area contributed by atoms with Crippen molar-refractivity contribution in [3.8, 4) is 0 Å². The van der Waals surface area contributed by atoms with Crippen molar-refractivity contribution >= 4 is 0 Å². The molecule has 0 aliphatic rings. The first-order valence-corrected chi connectivity index (χ1v) is 6.38. The van der Waals surface area contributed by atoms with Crippen LogP contribution in [0.1, 0.15) is 34.1 Å². The zero-order valence-corrected chi connectivity index (χ0v) is 12.0. The second-order valence-corrected chi connectivity index (χ2v) is 5.00. The van der Waals surface area contributed by atoms with Crippen LogP contribution >= 0.6 is 0 Å². The lowest BCUT2D eigenvalue weighted by Crippen LogP contribution is -2.31. The first-order chi connectivity index (χ1) is 9.74. The van der Waals surface area contributed by atoms with Crippen molar-refractivity contribution in [3.05, 3.63) is 52.3 Å². The molecule has 2 aromatic rings. The maximum atomic E-state index is 12.7. The number of aromatic nitrogens is 2. The van der Waals surface area contributed by atoms with Crippen molar-refractivity contribution in [2.24, 2.45) is 12.9 Å². The number of nitrogens with one attached hydrogen (secondary N) is 1. The number of aryl methyl sites for hydroxylation is 3. The molecule has 114 valence electrons. The van der Waals surface area contributed by atoms with E-state index in [1.807, 2.05) is 13.0 Å². The Morgan fingerprint density at radius 2 is 1.90 bits per heavy atom. The Hall–Kier alpha value is -1.86. The maximum Gasteiger partial charge on any atom is 0.416 e. The van der Waals surface area contributed by atoms with E-state index in [1.54, 1.807) is 18.7 Å². The van der Waals surface area contributed by atoms with Crippen LogP contribution in [-0.2, 0) is 13.2 Å². The molecular formula is C14H17F3N4. The van der Waals surface area contributed by atoms with Crippen LogP contribution in [-0.4, -0.2) is 9.78 Å². The molecule has 0 aliphatic heterocycles. The molecular weight excluding hydrogens is 281 g/mol. The molecule has 1 atom stereocenters. The Balaban J connectivity index is 2.46. The van der Waals surface area contributed by atoms with E-state index in [2.05, 4.69) is 10.5 Å². The van der Waals surface area contributed by atoms with Crippen LogP contribution in [0.2, 0.25) is 0 Å². The molecule has 4 nitrogen and oxygen atoms in total. The lowest BCUT2D eigenvalue weighted by Gasteiger charge is -2.20. The van der Waals surface area contributed by atoms with Crippen molar-refractivity contribution < 1.29 is 13.2 Å². The number of nitrogens with zero attached hydrogens (tertiary/aromatic N) is 2. The topological polar surface area (TPSA) is 55.9 Å². The average Bonchev–Trinajstić information content (AvgIpc) is 2.70. The highest BCUT2D eigenvalue weighted by Crippen LogP contribution is 2.32. The van der Waals surface area contributed by atoms with Gasteiger partial charge in [0.2, 0.25) is 0 Å². The fourth-order valence-corrected chi connectivity index (χ4v) is 2.41. The Kier molecular flexibility index (Phi) is 4.06. The first kappa shape index (κ1) is 15.5. The minimum atomic E-state index is -4.35. The van der Waals surface area contributed by atoms with Crippen LogP contribution in [0.15, 0.2) is 24.3 Å². The zero-order valence-electron chi connectivity index (χ0n) is 12.0. The van der Waals surface area contributed by atoms with Gasteiger partial charge in [-0.15, -0.1) is 0 Å². The monoisotopic (exact) mass is 298 g/mol. The van der Waals surface area contributed by atoms with Gasteiger partial charge in [0.1, 0.15) is 0 Å². The van der Waals surface area contributed by atoms with E-state index in [0.29, 0.717) is 11.1 Å². The summed E-state index contributed by atoms with van der Waals surface area (Å²) in [6.45, 7) is 3.48. The van der Waals surface area contributed by atoms with Crippen LogP contribution in [0, 0.1) is 13.8 Å². The molecule has 0 saturated carbocycles. The Morgan fingerprint density at radius 1 is 1.24 bits per heavy atom. The van der Waals surface area contributed by atoms with E-state index in [9.17, 15) is 13.2 Å². The van der Waals surface area contributed by atoms with Crippen LogP contribution in [0.5, 0.6) is 0 Å². The van der Waals surface area contributed by atoms with Crippen molar-refractivity contribution in [2.75, 3.05) is 0 Å². The van der Waals surface area contributed by atoms with Crippen LogP contribution in [0.4, 0.5) is 13.2 Å². The number of hydrogen-bond donors (Lipinski definition) is 2. The van der Waals surface area contributed by atoms with Gasteiger partial charge in [0.05, 0.1) is 23.0 Å². The van der Waals surface area contributed by atoms with Gasteiger partial charge in [-0.1, -0.05) is 6.07 Å². The number of hydrogen-bond acceptors (Lipinski definition) is 3. The normalized spacial score (nSPS) is 13.5. The number of halogens is 3. The minimum absolute atomic E-state index is 0.418. The highest BCUT2D eigenvalue weighted by atomic mass is 19.4. The summed E-state index contributed by atoms with van der Waals surface area (Å²) < 4.78 is 39.8. The van der Waals surface area contributed by atoms with Gasteiger partial charge >= 0.3 is 6.18 Å². The molecule has 2 rings (SSSR count). The Morgan fingerprint density at radius 3 is 2.33 bits per heavy atom. The summed E-state index contributed by atoms with van der Waals surface area (Å²) in [6.07, 6.45) is -4.35. The average molecular weight is 298 g/mol. The minimum Gasteiger partial charge on any atom is -0.271 e. The lowest BCUT2D eigenvalue weighted by molar-refractivity contribution is -0.137. The number of alkyl halides is 3. The first-order valence-electron chi connectivity index (χ1n) is 6.38. The fraction of sp³-hybridized carbons (Fsp3) is 0.357. The van der Waals surface area contributed by atoms with Gasteiger partial charge in [0, 0.05) is 7.05 Å². The van der Waals surface area contributed by atoms with Crippen molar-refractivity contribution in [1.82, 2.24) is 15.2 Å². The van der Waals surface area contributed by atoms with E-state index >= 15 is 0 Å². The molecule has 0 saturated heterocycles. The molecule has 3 N–H and O–H groups in total. The van der Waals surface area contributed by atoms with E-state index in [1.165, 1.54) is 6.07 Å². The molecule has 0 bridgehead atoms. The van der Waals surface area contributed by atoms with E-state index in [-0.39, 0.29) is 0 Å². The molecule has 1 unspecified atom stereocenters. The third-order valence-corrected chi connectivity index (χ3v) is 3.41. The molecule has 0 spiro atoms. The number of rotatable bonds is 3. The third-order valence-electron chi connectivity index (χ3n) is 3.41. The van der Waals surface area contributed by atoms with Crippen LogP contribution in [0.25, 0.3) is 0 Å². The summed E-state index contributed by atoms with van der Waals surface area (Å²) in [5, 5.41) is 4.23. The van der Waals surface area contributed by atoms with Gasteiger partial charge in [-0.3, -0.25) is 10.5 Å². The molecule has 1 aromatic carbocycles. The van der Waals surface area contributed by atoms with Crippen molar-refractivity contribution in [1.29, 1.82) is 0 Å². The number of nitrogens with two attached hydrogens (primary N) is 1. The van der Waals surface area contributed by atoms with Gasteiger partial charge in [-0.25, -0.2) is 5.43 Å². The molecule has 0 aliphatic carbocycles. The van der Waals surface area contributed by atoms with E-state index in [0.717, 1.165) is 23.5 Å². The summed E-state index contributed by atoms with van der Waals surface area (Å²) in [4.78, 5) is 0. The van der Waals surface area contributed by atoms with E-state index < -0.39 is 17.8 Å². The Bertz CT molecular complexity index is 646. The smallest absolute Gasteiger partial charge is 0.271 e. The molecule has 0 radical (unpaired) electrons. The highest BCUT2D eigenvalue weighted by molar-refractivity contribution is 5.38. The van der Waals surface area contributed by atoms with Crippen molar-refractivity contribution in [2.45, 2.75) is 26.1 Å². The third kappa shape index (κ3) is 3.08.